The summed E-state index contributed by atoms with van der Waals surface area (Å²) < 4.78 is 0. The Morgan fingerprint density at radius 2 is 1.53 bits per heavy atom. The van der Waals surface area contributed by atoms with Gasteiger partial charge in [-0.1, -0.05) is 6.92 Å². The second-order valence-corrected chi connectivity index (χ2v) is 4.67. The lowest BCUT2D eigenvalue weighted by Gasteiger charge is -2.33. The number of rotatable bonds is 8. The van der Waals surface area contributed by atoms with E-state index in [1.807, 2.05) is 13.8 Å². The fraction of sp³-hybridized carbons (Fsp3) is 1.00. The van der Waals surface area contributed by atoms with E-state index < -0.39 is 31.0 Å². The first-order valence-corrected chi connectivity index (χ1v) is 5.83. The lowest BCUT2D eigenvalue weighted by atomic mass is 9.88. The molecule has 6 nitrogen and oxygen atoms in total. The van der Waals surface area contributed by atoms with Crippen LogP contribution in [0.4, 0.5) is 0 Å². The summed E-state index contributed by atoms with van der Waals surface area (Å²) in [5.41, 5.74) is -0.357. The molecular weight excluding hydrogens is 226 g/mol. The zero-order valence-corrected chi connectivity index (χ0v) is 10.7. The van der Waals surface area contributed by atoms with Crippen molar-refractivity contribution in [1.29, 1.82) is 0 Å². The zero-order chi connectivity index (χ0) is 13.6. The summed E-state index contributed by atoms with van der Waals surface area (Å²) in [7, 11) is 1.75. The summed E-state index contributed by atoms with van der Waals surface area (Å²) in [6, 6.07) is 0. The number of hydrogen-bond donors (Lipinski definition) is 6. The van der Waals surface area contributed by atoms with Crippen LogP contribution in [0.5, 0.6) is 0 Å². The molecule has 0 aliphatic heterocycles. The molecule has 0 heterocycles. The maximum absolute atomic E-state index is 9.79. The average molecular weight is 251 g/mol. The Balaban J connectivity index is 4.44. The maximum atomic E-state index is 9.79. The quantitative estimate of drug-likeness (QED) is 0.303. The Bertz CT molecular complexity index is 210. The topological polar surface area (TPSA) is 113 Å². The molecule has 0 bridgehead atoms. The predicted molar refractivity (Wildman–Crippen MR) is 63.5 cm³/mol. The van der Waals surface area contributed by atoms with Gasteiger partial charge in [0.15, 0.2) is 0 Å². The summed E-state index contributed by atoms with van der Waals surface area (Å²) in [5, 5.41) is 49.7. The molecule has 0 aliphatic carbocycles. The summed E-state index contributed by atoms with van der Waals surface area (Å²) in [4.78, 5) is 0. The van der Waals surface area contributed by atoms with E-state index in [1.165, 1.54) is 0 Å². The van der Waals surface area contributed by atoms with Crippen molar-refractivity contribution in [2.45, 2.75) is 56.6 Å². The molecule has 0 amide bonds. The van der Waals surface area contributed by atoms with Crippen molar-refractivity contribution in [3.8, 4) is 0 Å². The van der Waals surface area contributed by atoms with Crippen molar-refractivity contribution in [2.24, 2.45) is 0 Å². The lowest BCUT2D eigenvalue weighted by molar-refractivity contribution is -0.120. The van der Waals surface area contributed by atoms with E-state index >= 15 is 0 Å². The Labute approximate surface area is 102 Å². The van der Waals surface area contributed by atoms with E-state index in [9.17, 15) is 20.4 Å². The molecule has 0 rings (SSSR count). The van der Waals surface area contributed by atoms with Gasteiger partial charge in [0.05, 0.1) is 12.7 Å². The van der Waals surface area contributed by atoms with E-state index in [-0.39, 0.29) is 12.0 Å². The molecule has 0 saturated carbocycles. The van der Waals surface area contributed by atoms with E-state index in [4.69, 9.17) is 5.11 Å². The van der Waals surface area contributed by atoms with Crippen LogP contribution >= 0.6 is 0 Å². The Hall–Kier alpha value is -0.240. The van der Waals surface area contributed by atoms with Crippen molar-refractivity contribution >= 4 is 0 Å². The highest BCUT2D eigenvalue weighted by Gasteiger charge is 2.34. The van der Waals surface area contributed by atoms with Gasteiger partial charge >= 0.3 is 0 Å². The van der Waals surface area contributed by atoms with Crippen LogP contribution in [0.2, 0.25) is 0 Å². The average Bonchev–Trinajstić information content (AvgIpc) is 2.35. The van der Waals surface area contributed by atoms with E-state index in [0.29, 0.717) is 0 Å². The van der Waals surface area contributed by atoms with E-state index in [0.717, 1.165) is 6.42 Å². The molecule has 0 spiro atoms. The SMILES string of the molecule is CCC(C)(CC(O)C(O)C(O)C(O)CO)NC. The minimum Gasteiger partial charge on any atom is -0.394 e. The first-order chi connectivity index (χ1) is 7.81. The van der Waals surface area contributed by atoms with E-state index in [1.54, 1.807) is 7.05 Å². The predicted octanol–water partition coefficient (Wildman–Crippen LogP) is -1.80. The monoisotopic (exact) mass is 251 g/mol. The highest BCUT2D eigenvalue weighted by Crippen LogP contribution is 2.19. The van der Waals surface area contributed by atoms with Gasteiger partial charge in [0.25, 0.3) is 0 Å². The molecule has 0 fully saturated rings. The van der Waals surface area contributed by atoms with Crippen LogP contribution in [0, 0.1) is 0 Å². The number of aliphatic hydroxyl groups is 5. The normalized spacial score (nSPS) is 22.6. The molecular formula is C11H25NO5. The van der Waals surface area contributed by atoms with Gasteiger partial charge < -0.3 is 30.8 Å². The molecule has 5 unspecified atom stereocenters. The molecule has 6 N–H and O–H groups in total. The minimum atomic E-state index is -1.56. The van der Waals surface area contributed by atoms with Crippen molar-refractivity contribution in [3.05, 3.63) is 0 Å². The molecule has 0 aromatic heterocycles. The van der Waals surface area contributed by atoms with Crippen LogP contribution in [-0.4, -0.2) is 69.1 Å². The Kier molecular flexibility index (Phi) is 7.15. The van der Waals surface area contributed by atoms with Crippen LogP contribution in [-0.2, 0) is 0 Å². The second-order valence-electron chi connectivity index (χ2n) is 4.67. The molecule has 6 heteroatoms. The first-order valence-electron chi connectivity index (χ1n) is 5.83. The molecule has 0 aromatic rings. The van der Waals surface area contributed by atoms with Gasteiger partial charge in [-0.15, -0.1) is 0 Å². The summed E-state index contributed by atoms with van der Waals surface area (Å²) in [6.07, 6.45) is -4.71. The minimum absolute atomic E-state index is 0.233. The van der Waals surface area contributed by atoms with Gasteiger partial charge in [0, 0.05) is 5.54 Å². The molecule has 0 radical (unpaired) electrons. The standard InChI is InChI=1S/C11H25NO5/c1-4-11(2,12-3)5-7(14)9(16)10(17)8(15)6-13/h7-10,12-17H,4-6H2,1-3H3. The van der Waals surface area contributed by atoms with Crippen LogP contribution in [0.25, 0.3) is 0 Å². The summed E-state index contributed by atoms with van der Waals surface area (Å²) in [6.45, 7) is 3.16. The number of aliphatic hydroxyl groups excluding tert-OH is 5. The highest BCUT2D eigenvalue weighted by molar-refractivity contribution is 4.89. The molecule has 5 atom stereocenters. The largest absolute Gasteiger partial charge is 0.394 e. The Morgan fingerprint density at radius 1 is 1.06 bits per heavy atom. The molecule has 17 heavy (non-hydrogen) atoms. The molecule has 0 aromatic carbocycles. The molecule has 0 aliphatic rings. The van der Waals surface area contributed by atoms with Gasteiger partial charge in [-0.25, -0.2) is 0 Å². The van der Waals surface area contributed by atoms with Crippen LogP contribution in [0.3, 0.4) is 0 Å². The third-order valence-corrected chi connectivity index (χ3v) is 3.37. The van der Waals surface area contributed by atoms with Crippen LogP contribution in [0.15, 0.2) is 0 Å². The maximum Gasteiger partial charge on any atom is 0.110 e. The van der Waals surface area contributed by atoms with Crippen molar-refractivity contribution < 1.29 is 25.5 Å². The Morgan fingerprint density at radius 3 is 1.88 bits per heavy atom. The van der Waals surface area contributed by atoms with Gasteiger partial charge in [-0.05, 0) is 26.8 Å². The second kappa shape index (κ2) is 7.25. The van der Waals surface area contributed by atoms with E-state index in [2.05, 4.69) is 5.32 Å². The summed E-state index contributed by atoms with van der Waals surface area (Å²) in [5.74, 6) is 0. The van der Waals surface area contributed by atoms with Gasteiger partial charge in [0.2, 0.25) is 0 Å². The summed E-state index contributed by atoms with van der Waals surface area (Å²) >= 11 is 0. The fourth-order valence-electron chi connectivity index (χ4n) is 1.57. The third kappa shape index (κ3) is 4.87. The third-order valence-electron chi connectivity index (χ3n) is 3.37. The van der Waals surface area contributed by atoms with Crippen LogP contribution in [0.1, 0.15) is 26.7 Å². The zero-order valence-electron chi connectivity index (χ0n) is 10.7. The van der Waals surface area contributed by atoms with Crippen molar-refractivity contribution in [1.82, 2.24) is 5.32 Å². The first kappa shape index (κ1) is 16.8. The highest BCUT2D eigenvalue weighted by atomic mass is 16.4. The van der Waals surface area contributed by atoms with Gasteiger partial charge in [-0.3, -0.25) is 0 Å². The van der Waals surface area contributed by atoms with Crippen molar-refractivity contribution in [3.63, 3.8) is 0 Å². The fourth-order valence-corrected chi connectivity index (χ4v) is 1.57. The lowest BCUT2D eigenvalue weighted by Crippen LogP contribution is -2.50. The molecule has 0 saturated heterocycles. The number of nitrogens with one attached hydrogen (secondary N) is 1. The smallest absolute Gasteiger partial charge is 0.110 e. The van der Waals surface area contributed by atoms with Gasteiger partial charge in [-0.2, -0.15) is 0 Å². The molecule has 104 valence electrons. The van der Waals surface area contributed by atoms with Gasteiger partial charge in [0.1, 0.15) is 18.3 Å². The number of hydrogen-bond acceptors (Lipinski definition) is 6. The van der Waals surface area contributed by atoms with Crippen LogP contribution < -0.4 is 5.32 Å². The van der Waals surface area contributed by atoms with Crippen molar-refractivity contribution in [2.75, 3.05) is 13.7 Å².